The Labute approximate surface area is 191 Å². The van der Waals surface area contributed by atoms with Crippen LogP contribution in [0.2, 0.25) is 0 Å². The Balaban J connectivity index is 1.65. The molecule has 0 bridgehead atoms. The molecule has 3 aromatic rings. The number of hydrogen-bond acceptors (Lipinski definition) is 4. The molecule has 0 radical (unpaired) electrons. The van der Waals surface area contributed by atoms with Crippen molar-refractivity contribution in [1.82, 2.24) is 9.78 Å². The molecule has 1 aromatic heterocycles. The third-order valence-corrected chi connectivity index (χ3v) is 6.41. The van der Waals surface area contributed by atoms with E-state index in [-0.39, 0.29) is 18.0 Å². The lowest BCUT2D eigenvalue weighted by Crippen LogP contribution is -2.16. The topological polar surface area (TPSA) is 93.1 Å². The number of hydrogen-bond donors (Lipinski definition) is 2. The zero-order chi connectivity index (χ0) is 24.3. The van der Waals surface area contributed by atoms with Crippen LogP contribution in [0.4, 0.5) is 20.2 Å². The average molecular weight is 477 g/mol. The predicted molar refractivity (Wildman–Crippen MR) is 122 cm³/mol. The van der Waals surface area contributed by atoms with E-state index in [0.717, 1.165) is 35.6 Å². The van der Waals surface area contributed by atoms with Crippen LogP contribution in [0.1, 0.15) is 30.8 Å². The summed E-state index contributed by atoms with van der Waals surface area (Å²) in [7, 11) is -4.10. The van der Waals surface area contributed by atoms with Crippen molar-refractivity contribution in [3.8, 4) is 0 Å². The van der Waals surface area contributed by atoms with E-state index in [4.69, 9.17) is 0 Å². The van der Waals surface area contributed by atoms with E-state index in [0.29, 0.717) is 17.7 Å². The Morgan fingerprint density at radius 1 is 1.03 bits per heavy atom. The fraction of sp³-hybridized carbons (Fsp3) is 0.304. The van der Waals surface area contributed by atoms with Gasteiger partial charge in [-0.05, 0) is 62.2 Å². The Morgan fingerprint density at radius 2 is 1.67 bits per heavy atom. The normalized spacial score (nSPS) is 11.6. The first-order valence-electron chi connectivity index (χ1n) is 10.4. The SMILES string of the molecule is Cc1nn(CC(C)C)c(C)c1CC(=O)Nc1ccc(NS(=O)(=O)c2ccc(F)c(F)c2)cc1. The van der Waals surface area contributed by atoms with Gasteiger partial charge in [0.15, 0.2) is 11.6 Å². The van der Waals surface area contributed by atoms with Gasteiger partial charge in [-0.2, -0.15) is 5.10 Å². The zero-order valence-electron chi connectivity index (χ0n) is 18.8. The quantitative estimate of drug-likeness (QED) is 0.504. The zero-order valence-corrected chi connectivity index (χ0v) is 19.6. The van der Waals surface area contributed by atoms with Gasteiger partial charge in [0.1, 0.15) is 0 Å². The summed E-state index contributed by atoms with van der Waals surface area (Å²) in [5.74, 6) is -2.18. The highest BCUT2D eigenvalue weighted by atomic mass is 32.2. The lowest BCUT2D eigenvalue weighted by molar-refractivity contribution is -0.115. The number of carbonyl (C=O) groups is 1. The molecule has 2 aromatic carbocycles. The van der Waals surface area contributed by atoms with Gasteiger partial charge >= 0.3 is 0 Å². The van der Waals surface area contributed by atoms with Crippen molar-refractivity contribution in [1.29, 1.82) is 0 Å². The summed E-state index contributed by atoms with van der Waals surface area (Å²) >= 11 is 0. The number of nitrogens with one attached hydrogen (secondary N) is 2. The highest BCUT2D eigenvalue weighted by Crippen LogP contribution is 2.21. The molecular formula is C23H26F2N4O3S. The molecule has 33 heavy (non-hydrogen) atoms. The van der Waals surface area contributed by atoms with Crippen molar-refractivity contribution >= 4 is 27.3 Å². The molecule has 0 aliphatic heterocycles. The molecule has 1 amide bonds. The van der Waals surface area contributed by atoms with Gasteiger partial charge in [0.05, 0.1) is 17.0 Å². The average Bonchev–Trinajstić information content (AvgIpc) is 2.98. The number of amides is 1. The summed E-state index contributed by atoms with van der Waals surface area (Å²) in [5, 5.41) is 7.30. The van der Waals surface area contributed by atoms with E-state index >= 15 is 0 Å². The molecule has 0 saturated heterocycles. The van der Waals surface area contributed by atoms with Gasteiger partial charge in [-0.15, -0.1) is 0 Å². The second-order valence-electron chi connectivity index (χ2n) is 8.21. The number of anilines is 2. The Kier molecular flexibility index (Phi) is 7.16. The van der Waals surface area contributed by atoms with Crippen LogP contribution in [0.3, 0.4) is 0 Å². The minimum absolute atomic E-state index is 0.167. The molecule has 0 saturated carbocycles. The molecule has 0 atom stereocenters. The van der Waals surface area contributed by atoms with Gasteiger partial charge in [0.2, 0.25) is 5.91 Å². The third-order valence-electron chi connectivity index (χ3n) is 5.03. The Hall–Kier alpha value is -3.27. The van der Waals surface area contributed by atoms with E-state index in [1.807, 2.05) is 18.5 Å². The standard InChI is InChI=1S/C23H26F2N4O3S/c1-14(2)13-29-16(4)20(15(3)27-29)12-23(30)26-17-5-7-18(8-6-17)28-33(31,32)19-9-10-21(24)22(25)11-19/h5-11,14,28H,12-13H2,1-4H3,(H,26,30). The molecule has 0 unspecified atom stereocenters. The molecule has 3 rings (SSSR count). The van der Waals surface area contributed by atoms with Crippen LogP contribution < -0.4 is 10.0 Å². The van der Waals surface area contributed by atoms with E-state index in [9.17, 15) is 22.0 Å². The van der Waals surface area contributed by atoms with Gasteiger partial charge in [0.25, 0.3) is 10.0 Å². The van der Waals surface area contributed by atoms with Crippen molar-refractivity contribution in [3.05, 3.63) is 71.1 Å². The second kappa shape index (κ2) is 9.70. The van der Waals surface area contributed by atoms with E-state index < -0.39 is 26.6 Å². The van der Waals surface area contributed by atoms with Crippen molar-refractivity contribution in [2.75, 3.05) is 10.0 Å². The summed E-state index contributed by atoms with van der Waals surface area (Å²) in [6.07, 6.45) is 0.167. The van der Waals surface area contributed by atoms with Crippen LogP contribution in [0.15, 0.2) is 47.4 Å². The van der Waals surface area contributed by atoms with Crippen LogP contribution in [-0.2, 0) is 27.8 Å². The van der Waals surface area contributed by atoms with Gasteiger partial charge in [0, 0.05) is 29.2 Å². The molecule has 0 aliphatic carbocycles. The summed E-state index contributed by atoms with van der Waals surface area (Å²) in [6.45, 7) is 8.80. The number of sulfonamides is 1. The highest BCUT2D eigenvalue weighted by Gasteiger charge is 2.18. The van der Waals surface area contributed by atoms with E-state index in [1.54, 1.807) is 12.1 Å². The Bertz CT molecular complexity index is 1270. The predicted octanol–water partition coefficient (Wildman–Crippen LogP) is 4.42. The molecule has 2 N–H and O–H groups in total. The summed E-state index contributed by atoms with van der Waals surface area (Å²) in [6, 6.07) is 8.35. The molecule has 1 heterocycles. The van der Waals surface area contributed by atoms with Crippen LogP contribution in [-0.4, -0.2) is 24.1 Å². The van der Waals surface area contributed by atoms with Crippen molar-refractivity contribution < 1.29 is 22.0 Å². The number of aromatic nitrogens is 2. The summed E-state index contributed by atoms with van der Waals surface area (Å²) in [4.78, 5) is 12.1. The van der Waals surface area contributed by atoms with Crippen molar-refractivity contribution in [3.63, 3.8) is 0 Å². The first-order chi connectivity index (χ1) is 15.5. The number of benzene rings is 2. The van der Waals surface area contributed by atoms with E-state index in [2.05, 4.69) is 29.0 Å². The molecule has 0 spiro atoms. The largest absolute Gasteiger partial charge is 0.326 e. The van der Waals surface area contributed by atoms with Gasteiger partial charge in [-0.3, -0.25) is 14.2 Å². The van der Waals surface area contributed by atoms with Gasteiger partial charge in [-0.1, -0.05) is 13.8 Å². The lowest BCUT2D eigenvalue weighted by Gasteiger charge is -2.10. The first-order valence-corrected chi connectivity index (χ1v) is 11.8. The van der Waals surface area contributed by atoms with Crippen LogP contribution in [0, 0.1) is 31.4 Å². The number of rotatable bonds is 8. The minimum atomic E-state index is -4.10. The maximum absolute atomic E-state index is 13.4. The molecular weight excluding hydrogens is 450 g/mol. The number of nitrogens with zero attached hydrogens (tertiary/aromatic N) is 2. The lowest BCUT2D eigenvalue weighted by atomic mass is 10.1. The summed E-state index contributed by atoms with van der Waals surface area (Å²) < 4.78 is 55.4. The number of aryl methyl sites for hydroxylation is 1. The monoisotopic (exact) mass is 476 g/mol. The Morgan fingerprint density at radius 3 is 2.27 bits per heavy atom. The maximum atomic E-state index is 13.4. The van der Waals surface area contributed by atoms with Crippen molar-refractivity contribution in [2.24, 2.45) is 5.92 Å². The fourth-order valence-corrected chi connectivity index (χ4v) is 4.43. The third kappa shape index (κ3) is 5.95. The van der Waals surface area contributed by atoms with Crippen LogP contribution in [0.25, 0.3) is 0 Å². The molecule has 0 aliphatic rings. The van der Waals surface area contributed by atoms with Crippen molar-refractivity contribution in [2.45, 2.75) is 45.6 Å². The number of halogens is 2. The summed E-state index contributed by atoms with van der Waals surface area (Å²) in [5.41, 5.74) is 3.34. The van der Waals surface area contributed by atoms with E-state index in [1.165, 1.54) is 12.1 Å². The van der Waals surface area contributed by atoms with Gasteiger partial charge < -0.3 is 5.32 Å². The molecule has 7 nitrogen and oxygen atoms in total. The highest BCUT2D eigenvalue weighted by molar-refractivity contribution is 7.92. The number of carbonyl (C=O) groups excluding carboxylic acids is 1. The molecule has 176 valence electrons. The molecule has 0 fully saturated rings. The fourth-order valence-electron chi connectivity index (χ4n) is 3.36. The molecule has 10 heteroatoms. The first kappa shape index (κ1) is 24.4. The van der Waals surface area contributed by atoms with Gasteiger partial charge in [-0.25, -0.2) is 17.2 Å². The van der Waals surface area contributed by atoms with Crippen LogP contribution in [0.5, 0.6) is 0 Å². The second-order valence-corrected chi connectivity index (χ2v) is 9.89. The van der Waals surface area contributed by atoms with Crippen LogP contribution >= 0.6 is 0 Å². The maximum Gasteiger partial charge on any atom is 0.261 e. The minimum Gasteiger partial charge on any atom is -0.326 e. The smallest absolute Gasteiger partial charge is 0.261 e.